The molecule has 0 radical (unpaired) electrons. The van der Waals surface area contributed by atoms with Crippen LogP contribution in [0.5, 0.6) is 0 Å². The van der Waals surface area contributed by atoms with E-state index in [2.05, 4.69) is 0 Å². The number of amides is 2. The van der Waals surface area contributed by atoms with Gasteiger partial charge in [-0.05, 0) is 19.8 Å². The van der Waals surface area contributed by atoms with E-state index in [9.17, 15) is 9.59 Å². The van der Waals surface area contributed by atoms with Crippen LogP contribution in [0.4, 0.5) is 4.79 Å². The van der Waals surface area contributed by atoms with Gasteiger partial charge in [0, 0.05) is 19.6 Å². The van der Waals surface area contributed by atoms with Gasteiger partial charge >= 0.3 is 12.0 Å². The number of urea groups is 1. The molecule has 0 aliphatic carbocycles. The van der Waals surface area contributed by atoms with Crippen LogP contribution >= 0.6 is 0 Å². The quantitative estimate of drug-likeness (QED) is 0.767. The Morgan fingerprint density at radius 3 is 2.47 bits per heavy atom. The summed E-state index contributed by atoms with van der Waals surface area (Å²) in [6, 6.07) is -0.0630. The Hall–Kier alpha value is -1.30. The van der Waals surface area contributed by atoms with Crippen molar-refractivity contribution in [2.24, 2.45) is 11.8 Å². The van der Waals surface area contributed by atoms with Gasteiger partial charge in [0.25, 0.3) is 0 Å². The molecule has 2 fully saturated rings. The summed E-state index contributed by atoms with van der Waals surface area (Å²) in [6.45, 7) is 8.29. The van der Waals surface area contributed by atoms with Crippen molar-refractivity contribution >= 4 is 12.0 Å². The molecular formula is C13H22N2O4. The van der Waals surface area contributed by atoms with Gasteiger partial charge < -0.3 is 19.6 Å². The van der Waals surface area contributed by atoms with Crippen molar-refractivity contribution in [3.63, 3.8) is 0 Å². The maximum absolute atomic E-state index is 12.4. The smallest absolute Gasteiger partial charge is 0.320 e. The van der Waals surface area contributed by atoms with Gasteiger partial charge in [-0.2, -0.15) is 0 Å². The molecule has 0 aromatic heterocycles. The minimum Gasteiger partial charge on any atom is -0.481 e. The molecule has 0 aromatic rings. The second-order valence-electron chi connectivity index (χ2n) is 6.14. The maximum Gasteiger partial charge on any atom is 0.320 e. The summed E-state index contributed by atoms with van der Waals surface area (Å²) in [5.74, 6) is -1.25. The lowest BCUT2D eigenvalue weighted by Gasteiger charge is -2.39. The number of carboxylic acid groups (broad SMARTS) is 1. The SMILES string of the molecule is CC1CN(C(=O)N2CCOC(C)(C)C2)CC1C(=O)O. The summed E-state index contributed by atoms with van der Waals surface area (Å²) in [4.78, 5) is 26.9. The average Bonchev–Trinajstić information content (AvgIpc) is 2.69. The van der Waals surface area contributed by atoms with Crippen molar-refractivity contribution in [1.82, 2.24) is 9.80 Å². The van der Waals surface area contributed by atoms with E-state index < -0.39 is 11.9 Å². The lowest BCUT2D eigenvalue weighted by atomic mass is 9.99. The van der Waals surface area contributed by atoms with Crippen molar-refractivity contribution in [1.29, 1.82) is 0 Å². The predicted molar refractivity (Wildman–Crippen MR) is 68.9 cm³/mol. The molecule has 6 heteroatoms. The van der Waals surface area contributed by atoms with Crippen molar-refractivity contribution in [3.05, 3.63) is 0 Å². The van der Waals surface area contributed by atoms with Gasteiger partial charge in [-0.25, -0.2) is 4.79 Å². The third-order valence-electron chi connectivity index (χ3n) is 3.90. The Bertz CT molecular complexity index is 383. The third-order valence-corrected chi connectivity index (χ3v) is 3.90. The number of carbonyl (C=O) groups excluding carboxylic acids is 1. The molecule has 108 valence electrons. The highest BCUT2D eigenvalue weighted by atomic mass is 16.5. The lowest BCUT2D eigenvalue weighted by Crippen LogP contribution is -2.54. The predicted octanol–water partition coefficient (Wildman–Crippen LogP) is 0.870. The maximum atomic E-state index is 12.4. The fourth-order valence-electron chi connectivity index (χ4n) is 2.82. The number of rotatable bonds is 1. The van der Waals surface area contributed by atoms with Gasteiger partial charge in [-0.15, -0.1) is 0 Å². The molecular weight excluding hydrogens is 248 g/mol. The Morgan fingerprint density at radius 1 is 1.26 bits per heavy atom. The number of likely N-dealkylation sites (tertiary alicyclic amines) is 1. The zero-order valence-corrected chi connectivity index (χ0v) is 11.8. The first kappa shape index (κ1) is 14.1. The largest absolute Gasteiger partial charge is 0.481 e. The summed E-state index contributed by atoms with van der Waals surface area (Å²) < 4.78 is 5.58. The Balaban J connectivity index is 1.99. The second-order valence-corrected chi connectivity index (χ2v) is 6.14. The topological polar surface area (TPSA) is 70.1 Å². The van der Waals surface area contributed by atoms with Crippen molar-refractivity contribution < 1.29 is 19.4 Å². The summed E-state index contributed by atoms with van der Waals surface area (Å²) in [5.41, 5.74) is -0.328. The second kappa shape index (κ2) is 5.00. The van der Waals surface area contributed by atoms with Gasteiger partial charge in [0.05, 0.1) is 24.7 Å². The summed E-state index contributed by atoms with van der Waals surface area (Å²) in [6.07, 6.45) is 0. The molecule has 2 heterocycles. The molecule has 2 atom stereocenters. The molecule has 0 saturated carbocycles. The van der Waals surface area contributed by atoms with Crippen LogP contribution in [0.3, 0.4) is 0 Å². The van der Waals surface area contributed by atoms with Gasteiger partial charge in [0.1, 0.15) is 0 Å². The fourth-order valence-corrected chi connectivity index (χ4v) is 2.82. The van der Waals surface area contributed by atoms with E-state index in [1.165, 1.54) is 0 Å². The lowest BCUT2D eigenvalue weighted by molar-refractivity contribution is -0.142. The Labute approximate surface area is 113 Å². The van der Waals surface area contributed by atoms with E-state index in [0.717, 1.165) is 0 Å². The van der Waals surface area contributed by atoms with Crippen molar-refractivity contribution in [2.45, 2.75) is 26.4 Å². The first-order valence-corrected chi connectivity index (χ1v) is 6.71. The van der Waals surface area contributed by atoms with E-state index in [4.69, 9.17) is 9.84 Å². The van der Waals surface area contributed by atoms with Gasteiger partial charge in [-0.3, -0.25) is 4.79 Å². The highest BCUT2D eigenvalue weighted by molar-refractivity contribution is 5.78. The molecule has 2 rings (SSSR count). The minimum absolute atomic E-state index is 0.00972. The highest BCUT2D eigenvalue weighted by Crippen LogP contribution is 2.25. The molecule has 1 N–H and O–H groups in total. The molecule has 2 unspecified atom stereocenters. The van der Waals surface area contributed by atoms with Gasteiger partial charge in [0.2, 0.25) is 0 Å². The summed E-state index contributed by atoms with van der Waals surface area (Å²) >= 11 is 0. The Kier molecular flexibility index (Phi) is 3.71. The Morgan fingerprint density at radius 2 is 1.95 bits per heavy atom. The molecule has 2 amide bonds. The molecule has 0 bridgehead atoms. The fraction of sp³-hybridized carbons (Fsp3) is 0.846. The summed E-state index contributed by atoms with van der Waals surface area (Å²) in [7, 11) is 0. The van der Waals surface area contributed by atoms with Crippen molar-refractivity contribution in [2.75, 3.05) is 32.8 Å². The molecule has 2 saturated heterocycles. The van der Waals surface area contributed by atoms with Crippen LogP contribution in [0.2, 0.25) is 0 Å². The van der Waals surface area contributed by atoms with Crippen LogP contribution in [0.15, 0.2) is 0 Å². The normalized spacial score (nSPS) is 30.5. The molecule has 0 spiro atoms. The number of hydrogen-bond donors (Lipinski definition) is 1. The molecule has 0 aromatic carbocycles. The third kappa shape index (κ3) is 3.00. The number of carboxylic acids is 1. The van der Waals surface area contributed by atoms with E-state index in [0.29, 0.717) is 32.8 Å². The standard InChI is InChI=1S/C13H22N2O4/c1-9-6-15(7-10(9)11(16)17)12(18)14-4-5-19-13(2,3)8-14/h9-10H,4-8H2,1-3H3,(H,16,17). The zero-order valence-electron chi connectivity index (χ0n) is 11.8. The number of carbonyl (C=O) groups is 2. The molecule has 2 aliphatic heterocycles. The van der Waals surface area contributed by atoms with Crippen molar-refractivity contribution in [3.8, 4) is 0 Å². The molecule has 6 nitrogen and oxygen atoms in total. The van der Waals surface area contributed by atoms with E-state index in [1.807, 2.05) is 20.8 Å². The number of nitrogens with zero attached hydrogens (tertiary/aromatic N) is 2. The van der Waals surface area contributed by atoms with E-state index >= 15 is 0 Å². The van der Waals surface area contributed by atoms with Crippen LogP contribution in [0.1, 0.15) is 20.8 Å². The number of hydrogen-bond acceptors (Lipinski definition) is 3. The molecule has 2 aliphatic rings. The number of morpholine rings is 1. The van der Waals surface area contributed by atoms with Crippen LogP contribution in [0, 0.1) is 11.8 Å². The average molecular weight is 270 g/mol. The van der Waals surface area contributed by atoms with Crippen LogP contribution in [0.25, 0.3) is 0 Å². The highest BCUT2D eigenvalue weighted by Gasteiger charge is 2.40. The monoisotopic (exact) mass is 270 g/mol. The van der Waals surface area contributed by atoms with Crippen LogP contribution in [-0.4, -0.2) is 65.3 Å². The molecule has 19 heavy (non-hydrogen) atoms. The zero-order chi connectivity index (χ0) is 14.2. The number of ether oxygens (including phenoxy) is 1. The van der Waals surface area contributed by atoms with E-state index in [-0.39, 0.29) is 17.6 Å². The van der Waals surface area contributed by atoms with Crippen LogP contribution in [-0.2, 0) is 9.53 Å². The minimum atomic E-state index is -0.815. The van der Waals surface area contributed by atoms with Gasteiger partial charge in [-0.1, -0.05) is 6.92 Å². The first-order valence-electron chi connectivity index (χ1n) is 6.71. The van der Waals surface area contributed by atoms with Crippen LogP contribution < -0.4 is 0 Å². The first-order chi connectivity index (χ1) is 8.80. The van der Waals surface area contributed by atoms with E-state index in [1.54, 1.807) is 9.80 Å². The summed E-state index contributed by atoms with van der Waals surface area (Å²) in [5, 5.41) is 9.11. The number of aliphatic carboxylic acids is 1. The van der Waals surface area contributed by atoms with Gasteiger partial charge in [0.15, 0.2) is 0 Å².